The van der Waals surface area contributed by atoms with Crippen LogP contribution in [0.25, 0.3) is 0 Å². The lowest BCUT2D eigenvalue weighted by Gasteiger charge is -1.60. The molecule has 0 atom stereocenters. The molecule has 42 valence electrons. The highest BCUT2D eigenvalue weighted by Gasteiger charge is 1.40. The molecule has 0 aliphatic rings. The summed E-state index contributed by atoms with van der Waals surface area (Å²) in [5, 5.41) is 0. The number of hydrogen-bond acceptors (Lipinski definition) is 2. The van der Waals surface area contributed by atoms with Crippen LogP contribution in [0.5, 0.6) is 0 Å². The van der Waals surface area contributed by atoms with Crippen LogP contribution in [-0.4, -0.2) is 6.72 Å². The van der Waals surface area contributed by atoms with E-state index in [-0.39, 0.29) is 0 Å². The Kier molecular flexibility index (Phi) is 25.7. The van der Waals surface area contributed by atoms with Crippen molar-refractivity contribution in [2.45, 2.75) is 13.8 Å². The number of rotatable bonds is 1. The van der Waals surface area contributed by atoms with Gasteiger partial charge in [-0.25, -0.2) is 0 Å². The Morgan fingerprint density at radius 1 is 1.57 bits per heavy atom. The van der Waals surface area contributed by atoms with Gasteiger partial charge in [0.1, 0.15) is 0 Å². The second kappa shape index (κ2) is 18.9. The van der Waals surface area contributed by atoms with E-state index in [2.05, 4.69) is 11.7 Å². The first-order valence-corrected chi connectivity index (χ1v) is 2.24. The van der Waals surface area contributed by atoms with Gasteiger partial charge in [0.05, 0.1) is 0 Å². The van der Waals surface area contributed by atoms with Gasteiger partial charge in [-0.15, -0.1) is 0 Å². The Balaban J connectivity index is 0. The highest BCUT2D eigenvalue weighted by Crippen LogP contribution is 1.56. The summed E-state index contributed by atoms with van der Waals surface area (Å²) in [5.74, 6) is 0. The molecule has 0 fully saturated rings. The standard InChI is InChI=1S/C3H6N2.C2H6/c1-5-3-2-4;1-2/h2-3H,1,4H2;1-2H3/b3-2-;. The molecular weight excluding hydrogens is 88.1 g/mol. The van der Waals surface area contributed by atoms with Crippen LogP contribution in [0.2, 0.25) is 0 Å². The molecule has 0 aromatic rings. The van der Waals surface area contributed by atoms with Gasteiger partial charge in [-0.3, -0.25) is 4.99 Å². The zero-order valence-corrected chi connectivity index (χ0v) is 4.89. The number of hydrogen-bond donors (Lipinski definition) is 1. The van der Waals surface area contributed by atoms with E-state index in [0.717, 1.165) is 0 Å². The van der Waals surface area contributed by atoms with Crippen molar-refractivity contribution < 1.29 is 0 Å². The van der Waals surface area contributed by atoms with E-state index in [1.807, 2.05) is 13.8 Å². The van der Waals surface area contributed by atoms with Crippen molar-refractivity contribution in [2.75, 3.05) is 0 Å². The minimum atomic E-state index is 1.33. The highest BCUT2D eigenvalue weighted by atomic mass is 14.7. The van der Waals surface area contributed by atoms with Gasteiger partial charge in [0.15, 0.2) is 0 Å². The zero-order chi connectivity index (χ0) is 6.12. The predicted molar refractivity (Wildman–Crippen MR) is 34.2 cm³/mol. The van der Waals surface area contributed by atoms with Crippen molar-refractivity contribution >= 4 is 6.72 Å². The normalized spacial score (nSPS) is 7.14. The van der Waals surface area contributed by atoms with Crippen molar-refractivity contribution in [2.24, 2.45) is 10.7 Å². The molecule has 0 heterocycles. The molecule has 0 aliphatic carbocycles. The van der Waals surface area contributed by atoms with Gasteiger partial charge < -0.3 is 5.73 Å². The highest BCUT2D eigenvalue weighted by molar-refractivity contribution is 5.25. The molecule has 0 aromatic carbocycles. The van der Waals surface area contributed by atoms with E-state index in [1.165, 1.54) is 12.4 Å². The molecule has 7 heavy (non-hydrogen) atoms. The van der Waals surface area contributed by atoms with Crippen molar-refractivity contribution in [1.29, 1.82) is 0 Å². The summed E-state index contributed by atoms with van der Waals surface area (Å²) < 4.78 is 0. The van der Waals surface area contributed by atoms with Crippen LogP contribution >= 0.6 is 0 Å². The van der Waals surface area contributed by atoms with E-state index < -0.39 is 0 Å². The lowest BCUT2D eigenvalue weighted by Crippen LogP contribution is -1.71. The molecule has 2 nitrogen and oxygen atoms in total. The van der Waals surface area contributed by atoms with Crippen molar-refractivity contribution in [3.05, 3.63) is 12.4 Å². The second-order valence-electron chi connectivity index (χ2n) is 0.524. The first-order valence-electron chi connectivity index (χ1n) is 2.24. The maximum absolute atomic E-state index is 4.82. The summed E-state index contributed by atoms with van der Waals surface area (Å²) in [6, 6.07) is 0. The van der Waals surface area contributed by atoms with Crippen molar-refractivity contribution in [3.63, 3.8) is 0 Å². The van der Waals surface area contributed by atoms with Crippen LogP contribution in [-0.2, 0) is 0 Å². The van der Waals surface area contributed by atoms with Gasteiger partial charge in [-0.2, -0.15) is 0 Å². The van der Waals surface area contributed by atoms with Crippen LogP contribution in [0.3, 0.4) is 0 Å². The van der Waals surface area contributed by atoms with Crippen molar-refractivity contribution in [3.8, 4) is 0 Å². The van der Waals surface area contributed by atoms with Gasteiger partial charge >= 0.3 is 0 Å². The number of nitrogens with two attached hydrogens (primary N) is 1. The molecule has 0 aromatic heterocycles. The Bertz CT molecular complexity index is 48.0. The maximum atomic E-state index is 4.82. The van der Waals surface area contributed by atoms with Gasteiger partial charge in [0.2, 0.25) is 0 Å². The Hall–Kier alpha value is -0.790. The van der Waals surface area contributed by atoms with Crippen LogP contribution < -0.4 is 5.73 Å². The third-order valence-corrected chi connectivity index (χ3v) is 0.191. The first kappa shape index (κ1) is 9.51. The fourth-order valence-corrected chi connectivity index (χ4v) is 0.0609. The van der Waals surface area contributed by atoms with E-state index in [0.29, 0.717) is 0 Å². The van der Waals surface area contributed by atoms with E-state index >= 15 is 0 Å². The molecule has 0 saturated carbocycles. The minimum absolute atomic E-state index is 1.33. The summed E-state index contributed by atoms with van der Waals surface area (Å²) in [4.78, 5) is 3.30. The van der Waals surface area contributed by atoms with Gasteiger partial charge in [-0.1, -0.05) is 13.8 Å². The summed E-state index contributed by atoms with van der Waals surface area (Å²) >= 11 is 0. The Morgan fingerprint density at radius 2 is 2.00 bits per heavy atom. The molecule has 0 aliphatic heterocycles. The molecule has 0 bridgehead atoms. The average Bonchev–Trinajstić information content (AvgIpc) is 1.75. The molecule has 0 saturated heterocycles. The molecular formula is C5H12N2. The molecule has 0 unspecified atom stereocenters. The lowest BCUT2D eigenvalue weighted by atomic mass is 10.9. The van der Waals surface area contributed by atoms with Gasteiger partial charge in [0, 0.05) is 12.4 Å². The van der Waals surface area contributed by atoms with Crippen LogP contribution in [0.15, 0.2) is 17.4 Å². The minimum Gasteiger partial charge on any atom is -0.403 e. The second-order valence-corrected chi connectivity index (χ2v) is 0.524. The molecule has 0 spiro atoms. The number of aliphatic imine (C=N–C) groups is 1. The maximum Gasteiger partial charge on any atom is 0.0415 e. The lowest BCUT2D eigenvalue weighted by molar-refractivity contribution is 1.50. The number of nitrogens with zero attached hydrogens (tertiary/aromatic N) is 1. The van der Waals surface area contributed by atoms with Gasteiger partial charge in [-0.05, 0) is 6.72 Å². The van der Waals surface area contributed by atoms with E-state index in [1.54, 1.807) is 0 Å². The summed E-state index contributed by atoms with van der Waals surface area (Å²) in [7, 11) is 0. The van der Waals surface area contributed by atoms with E-state index in [4.69, 9.17) is 5.73 Å². The predicted octanol–water partition coefficient (Wildman–Crippen LogP) is 1.14. The van der Waals surface area contributed by atoms with E-state index in [9.17, 15) is 0 Å². The average molecular weight is 100 g/mol. The Morgan fingerprint density at radius 3 is 2.00 bits per heavy atom. The smallest absolute Gasteiger partial charge is 0.0415 e. The third-order valence-electron chi connectivity index (χ3n) is 0.191. The zero-order valence-electron chi connectivity index (χ0n) is 4.89. The van der Waals surface area contributed by atoms with Crippen molar-refractivity contribution in [1.82, 2.24) is 0 Å². The molecule has 0 radical (unpaired) electrons. The summed E-state index contributed by atoms with van der Waals surface area (Å²) in [5.41, 5.74) is 4.82. The monoisotopic (exact) mass is 100 g/mol. The SMILES string of the molecule is C=N/C=C\N.CC. The van der Waals surface area contributed by atoms with Crippen LogP contribution in [0.4, 0.5) is 0 Å². The quantitative estimate of drug-likeness (QED) is 0.493. The third kappa shape index (κ3) is 36.7. The van der Waals surface area contributed by atoms with Crippen LogP contribution in [0, 0.1) is 0 Å². The first-order chi connectivity index (χ1) is 3.41. The molecule has 0 amide bonds. The fraction of sp³-hybridized carbons (Fsp3) is 0.400. The fourth-order valence-electron chi connectivity index (χ4n) is 0.0609. The largest absolute Gasteiger partial charge is 0.403 e. The molecule has 0 rings (SSSR count). The van der Waals surface area contributed by atoms with Gasteiger partial charge in [0.25, 0.3) is 0 Å². The molecule has 2 N–H and O–H groups in total. The van der Waals surface area contributed by atoms with Crippen LogP contribution in [0.1, 0.15) is 13.8 Å². The summed E-state index contributed by atoms with van der Waals surface area (Å²) in [6.45, 7) is 7.13. The Labute approximate surface area is 44.8 Å². The topological polar surface area (TPSA) is 38.4 Å². The summed E-state index contributed by atoms with van der Waals surface area (Å²) in [6.07, 6.45) is 2.74. The molecule has 2 heteroatoms.